The van der Waals surface area contributed by atoms with Crippen LogP contribution in [0.2, 0.25) is 5.02 Å². The maximum Gasteiger partial charge on any atom is 0.249 e. The predicted molar refractivity (Wildman–Crippen MR) is 103 cm³/mol. The van der Waals surface area contributed by atoms with E-state index >= 15 is 0 Å². The monoisotopic (exact) mass is 391 g/mol. The van der Waals surface area contributed by atoms with Crippen LogP contribution in [0, 0.1) is 0 Å². The van der Waals surface area contributed by atoms with Crippen molar-refractivity contribution in [2.75, 3.05) is 5.75 Å². The maximum absolute atomic E-state index is 12.7. The number of rotatable bonds is 7. The van der Waals surface area contributed by atoms with Crippen molar-refractivity contribution >= 4 is 29.3 Å². The van der Waals surface area contributed by atoms with Gasteiger partial charge in [0.05, 0.1) is 22.9 Å². The van der Waals surface area contributed by atoms with E-state index in [0.29, 0.717) is 46.0 Å². The van der Waals surface area contributed by atoms with Gasteiger partial charge in [0.2, 0.25) is 17.7 Å². The van der Waals surface area contributed by atoms with Crippen LogP contribution in [-0.4, -0.2) is 38.0 Å². The Labute approximate surface area is 162 Å². The molecule has 26 heavy (non-hydrogen) atoms. The van der Waals surface area contributed by atoms with E-state index < -0.39 is 0 Å². The number of thioether (sulfide) groups is 1. The smallest absolute Gasteiger partial charge is 0.249 e. The fourth-order valence-corrected chi connectivity index (χ4v) is 4.77. The SMILES string of the molecule is O=C(CSC1CCCC1)N(Cc1nnc(-c2ccccc2Cl)o1)C1CC1. The summed E-state index contributed by atoms with van der Waals surface area (Å²) in [6.07, 6.45) is 7.20. The zero-order valence-corrected chi connectivity index (χ0v) is 16.1. The highest BCUT2D eigenvalue weighted by Crippen LogP contribution is 2.33. The van der Waals surface area contributed by atoms with Crippen molar-refractivity contribution in [3.8, 4) is 11.5 Å². The van der Waals surface area contributed by atoms with E-state index in [-0.39, 0.29) is 5.91 Å². The van der Waals surface area contributed by atoms with Crippen LogP contribution in [-0.2, 0) is 11.3 Å². The van der Waals surface area contributed by atoms with Gasteiger partial charge in [-0.2, -0.15) is 0 Å². The van der Waals surface area contributed by atoms with Gasteiger partial charge in [-0.1, -0.05) is 36.6 Å². The molecule has 0 radical (unpaired) electrons. The molecule has 0 saturated heterocycles. The summed E-state index contributed by atoms with van der Waals surface area (Å²) in [4.78, 5) is 14.6. The molecule has 2 aliphatic carbocycles. The van der Waals surface area contributed by atoms with E-state index in [2.05, 4.69) is 10.2 Å². The molecule has 138 valence electrons. The van der Waals surface area contributed by atoms with Gasteiger partial charge >= 0.3 is 0 Å². The third-order valence-electron chi connectivity index (χ3n) is 4.93. The Bertz CT molecular complexity index is 772. The molecule has 1 heterocycles. The summed E-state index contributed by atoms with van der Waals surface area (Å²) >= 11 is 8.00. The number of hydrogen-bond donors (Lipinski definition) is 0. The fourth-order valence-electron chi connectivity index (χ4n) is 3.34. The van der Waals surface area contributed by atoms with Crippen molar-refractivity contribution in [2.45, 2.75) is 56.4 Å². The van der Waals surface area contributed by atoms with Crippen molar-refractivity contribution < 1.29 is 9.21 Å². The zero-order chi connectivity index (χ0) is 17.9. The lowest BCUT2D eigenvalue weighted by molar-refractivity contribution is -0.129. The highest BCUT2D eigenvalue weighted by atomic mass is 35.5. The first-order valence-electron chi connectivity index (χ1n) is 9.19. The number of carbonyl (C=O) groups excluding carboxylic acids is 1. The van der Waals surface area contributed by atoms with Crippen LogP contribution in [0.1, 0.15) is 44.4 Å². The Hall–Kier alpha value is -1.53. The first-order chi connectivity index (χ1) is 12.7. The molecule has 5 nitrogen and oxygen atoms in total. The molecule has 1 aromatic carbocycles. The summed E-state index contributed by atoms with van der Waals surface area (Å²) in [5, 5.41) is 9.45. The molecular formula is C19H22ClN3O2S. The average Bonchev–Trinajstić information content (AvgIpc) is 3.16. The largest absolute Gasteiger partial charge is 0.419 e. The molecular weight excluding hydrogens is 370 g/mol. The van der Waals surface area contributed by atoms with E-state index in [1.54, 1.807) is 17.8 Å². The van der Waals surface area contributed by atoms with Crippen LogP contribution in [0.3, 0.4) is 0 Å². The molecule has 2 fully saturated rings. The third kappa shape index (κ3) is 4.23. The van der Waals surface area contributed by atoms with Crippen molar-refractivity contribution in [3.63, 3.8) is 0 Å². The summed E-state index contributed by atoms with van der Waals surface area (Å²) in [5.41, 5.74) is 0.717. The molecule has 2 aliphatic rings. The third-order valence-corrected chi connectivity index (χ3v) is 6.62. The van der Waals surface area contributed by atoms with E-state index in [9.17, 15) is 4.79 Å². The lowest BCUT2D eigenvalue weighted by Gasteiger charge is -2.21. The highest BCUT2D eigenvalue weighted by Gasteiger charge is 2.34. The van der Waals surface area contributed by atoms with Crippen LogP contribution in [0.5, 0.6) is 0 Å². The number of halogens is 1. The molecule has 7 heteroatoms. The van der Waals surface area contributed by atoms with Crippen molar-refractivity contribution in [3.05, 3.63) is 35.2 Å². The topological polar surface area (TPSA) is 59.2 Å². The Morgan fingerprint density at radius 1 is 1.19 bits per heavy atom. The van der Waals surface area contributed by atoms with E-state index in [1.807, 2.05) is 23.1 Å². The minimum atomic E-state index is 0.182. The molecule has 1 aromatic heterocycles. The second-order valence-corrected chi connectivity index (χ2v) is 8.65. The first kappa shape index (κ1) is 17.9. The zero-order valence-electron chi connectivity index (χ0n) is 14.6. The number of amides is 1. The Balaban J connectivity index is 1.40. The normalized spacial score (nSPS) is 17.6. The van der Waals surface area contributed by atoms with Crippen LogP contribution in [0.15, 0.2) is 28.7 Å². The van der Waals surface area contributed by atoms with Gasteiger partial charge in [-0.25, -0.2) is 0 Å². The molecule has 0 atom stereocenters. The Morgan fingerprint density at radius 2 is 1.96 bits per heavy atom. The maximum atomic E-state index is 12.7. The van der Waals surface area contributed by atoms with Crippen molar-refractivity contribution in [1.29, 1.82) is 0 Å². The van der Waals surface area contributed by atoms with Gasteiger partial charge in [-0.15, -0.1) is 22.0 Å². The number of aromatic nitrogens is 2. The molecule has 2 aromatic rings. The Morgan fingerprint density at radius 3 is 2.69 bits per heavy atom. The van der Waals surface area contributed by atoms with Gasteiger partial charge in [0.1, 0.15) is 0 Å². The van der Waals surface area contributed by atoms with Gasteiger partial charge in [0.15, 0.2) is 0 Å². The fraction of sp³-hybridized carbons (Fsp3) is 0.526. The van der Waals surface area contributed by atoms with Crippen molar-refractivity contribution in [1.82, 2.24) is 15.1 Å². The van der Waals surface area contributed by atoms with Gasteiger partial charge in [0.25, 0.3) is 0 Å². The van der Waals surface area contributed by atoms with Crippen molar-refractivity contribution in [2.24, 2.45) is 0 Å². The van der Waals surface area contributed by atoms with Gasteiger partial charge in [-0.05, 0) is 37.8 Å². The quantitative estimate of drug-likeness (QED) is 0.692. The van der Waals surface area contributed by atoms with Crippen LogP contribution < -0.4 is 0 Å². The van der Waals surface area contributed by atoms with Gasteiger partial charge in [0, 0.05) is 11.3 Å². The summed E-state index contributed by atoms with van der Waals surface area (Å²) in [6.45, 7) is 0.381. The van der Waals surface area contributed by atoms with Gasteiger partial charge < -0.3 is 9.32 Å². The molecule has 0 bridgehead atoms. The van der Waals surface area contributed by atoms with E-state index in [1.165, 1.54) is 25.7 Å². The lowest BCUT2D eigenvalue weighted by Crippen LogP contribution is -2.34. The second-order valence-electron chi connectivity index (χ2n) is 6.95. The summed E-state index contributed by atoms with van der Waals surface area (Å²) in [5.74, 6) is 1.59. The summed E-state index contributed by atoms with van der Waals surface area (Å²) in [7, 11) is 0. The van der Waals surface area contributed by atoms with Crippen LogP contribution in [0.4, 0.5) is 0 Å². The number of hydrogen-bond acceptors (Lipinski definition) is 5. The second kappa shape index (κ2) is 8.01. The molecule has 0 spiro atoms. The first-order valence-corrected chi connectivity index (χ1v) is 10.6. The molecule has 2 saturated carbocycles. The average molecular weight is 392 g/mol. The summed E-state index contributed by atoms with van der Waals surface area (Å²) in [6, 6.07) is 7.70. The van der Waals surface area contributed by atoms with Crippen LogP contribution in [0.25, 0.3) is 11.5 Å². The summed E-state index contributed by atoms with van der Waals surface area (Å²) < 4.78 is 5.78. The highest BCUT2D eigenvalue weighted by molar-refractivity contribution is 8.00. The molecule has 0 unspecified atom stereocenters. The molecule has 0 aliphatic heterocycles. The van der Waals surface area contributed by atoms with E-state index in [0.717, 1.165) is 12.8 Å². The lowest BCUT2D eigenvalue weighted by atomic mass is 10.2. The molecule has 1 amide bonds. The van der Waals surface area contributed by atoms with E-state index in [4.69, 9.17) is 16.0 Å². The number of benzene rings is 1. The van der Waals surface area contributed by atoms with Crippen LogP contribution >= 0.6 is 23.4 Å². The van der Waals surface area contributed by atoms with Gasteiger partial charge in [-0.3, -0.25) is 4.79 Å². The molecule has 4 rings (SSSR count). The standard InChI is InChI=1S/C19H22ClN3O2S/c20-16-8-4-3-7-15(16)19-22-21-17(25-19)11-23(13-9-10-13)18(24)12-26-14-5-1-2-6-14/h3-4,7-8,13-14H,1-2,5-6,9-12H2. The minimum Gasteiger partial charge on any atom is -0.419 e. The number of nitrogens with zero attached hydrogens (tertiary/aromatic N) is 3. The minimum absolute atomic E-state index is 0.182. The number of carbonyl (C=O) groups is 1. The Kier molecular flexibility index (Phi) is 5.50. The predicted octanol–water partition coefficient (Wildman–Crippen LogP) is 4.56. The molecule has 0 N–H and O–H groups in total.